The van der Waals surface area contributed by atoms with Crippen LogP contribution < -0.4 is 14.2 Å². The van der Waals surface area contributed by atoms with Crippen LogP contribution in [0.15, 0.2) is 42.5 Å². The Bertz CT molecular complexity index is 632. The predicted octanol–water partition coefficient (Wildman–Crippen LogP) is 3.15. The van der Waals surface area contributed by atoms with Gasteiger partial charge in [-0.3, -0.25) is 0 Å². The molecule has 0 atom stereocenters. The summed E-state index contributed by atoms with van der Waals surface area (Å²) in [5.41, 5.74) is 1.45. The lowest BCUT2D eigenvalue weighted by Gasteiger charge is -2.09. The van der Waals surface area contributed by atoms with Crippen LogP contribution in [-0.4, -0.2) is 14.2 Å². The van der Waals surface area contributed by atoms with E-state index in [0.717, 1.165) is 17.1 Å². The SMILES string of the molecule is COc1cccc(OCc2ccc(C#N)c(OC)c2)c1. The summed E-state index contributed by atoms with van der Waals surface area (Å²) in [5, 5.41) is 8.93. The van der Waals surface area contributed by atoms with Gasteiger partial charge in [0.25, 0.3) is 0 Å². The molecule has 0 fully saturated rings. The van der Waals surface area contributed by atoms with E-state index in [4.69, 9.17) is 19.5 Å². The average Bonchev–Trinajstić information content (AvgIpc) is 2.52. The monoisotopic (exact) mass is 269 g/mol. The van der Waals surface area contributed by atoms with Crippen LogP contribution in [0.3, 0.4) is 0 Å². The smallest absolute Gasteiger partial charge is 0.137 e. The van der Waals surface area contributed by atoms with E-state index in [2.05, 4.69) is 6.07 Å². The average molecular weight is 269 g/mol. The number of rotatable bonds is 5. The predicted molar refractivity (Wildman–Crippen MR) is 75.0 cm³/mol. The van der Waals surface area contributed by atoms with E-state index < -0.39 is 0 Å². The minimum Gasteiger partial charge on any atom is -0.497 e. The topological polar surface area (TPSA) is 51.5 Å². The third-order valence-electron chi connectivity index (χ3n) is 2.83. The summed E-state index contributed by atoms with van der Waals surface area (Å²) in [4.78, 5) is 0. The summed E-state index contributed by atoms with van der Waals surface area (Å²) in [7, 11) is 3.16. The molecule has 2 rings (SSSR count). The fourth-order valence-corrected chi connectivity index (χ4v) is 1.78. The van der Waals surface area contributed by atoms with Crippen LogP contribution in [0.5, 0.6) is 17.2 Å². The molecule has 0 aliphatic heterocycles. The second kappa shape index (κ2) is 6.48. The van der Waals surface area contributed by atoms with E-state index in [1.165, 1.54) is 0 Å². The Labute approximate surface area is 118 Å². The molecule has 0 spiro atoms. The van der Waals surface area contributed by atoms with E-state index in [0.29, 0.717) is 17.9 Å². The molecule has 0 saturated heterocycles. The molecular formula is C16H15NO3. The quantitative estimate of drug-likeness (QED) is 0.836. The first-order chi connectivity index (χ1) is 9.76. The van der Waals surface area contributed by atoms with Gasteiger partial charge in [0.2, 0.25) is 0 Å². The van der Waals surface area contributed by atoms with E-state index in [1.807, 2.05) is 30.3 Å². The molecule has 0 saturated carbocycles. The summed E-state index contributed by atoms with van der Waals surface area (Å²) < 4.78 is 16.0. The maximum absolute atomic E-state index is 8.93. The highest BCUT2D eigenvalue weighted by Crippen LogP contribution is 2.22. The zero-order chi connectivity index (χ0) is 14.4. The van der Waals surface area contributed by atoms with Crippen LogP contribution >= 0.6 is 0 Å². The van der Waals surface area contributed by atoms with Crippen molar-refractivity contribution >= 4 is 0 Å². The first kappa shape index (κ1) is 13.8. The van der Waals surface area contributed by atoms with Gasteiger partial charge >= 0.3 is 0 Å². The molecule has 0 bridgehead atoms. The van der Waals surface area contributed by atoms with Gasteiger partial charge < -0.3 is 14.2 Å². The molecule has 2 aromatic rings. The molecule has 0 aliphatic carbocycles. The Morgan fingerprint density at radius 1 is 1.00 bits per heavy atom. The van der Waals surface area contributed by atoms with Gasteiger partial charge in [0, 0.05) is 6.07 Å². The van der Waals surface area contributed by atoms with E-state index in [-0.39, 0.29) is 0 Å². The zero-order valence-electron chi connectivity index (χ0n) is 11.4. The molecule has 0 heterocycles. The highest BCUT2D eigenvalue weighted by atomic mass is 16.5. The van der Waals surface area contributed by atoms with Crippen LogP contribution in [0, 0.1) is 11.3 Å². The van der Waals surface area contributed by atoms with Gasteiger partial charge in [-0.25, -0.2) is 0 Å². The van der Waals surface area contributed by atoms with Gasteiger partial charge in [-0.15, -0.1) is 0 Å². The van der Waals surface area contributed by atoms with Crippen molar-refractivity contribution in [1.29, 1.82) is 5.26 Å². The lowest BCUT2D eigenvalue weighted by molar-refractivity contribution is 0.302. The van der Waals surface area contributed by atoms with Gasteiger partial charge in [-0.2, -0.15) is 5.26 Å². The van der Waals surface area contributed by atoms with Gasteiger partial charge in [0.05, 0.1) is 19.8 Å². The van der Waals surface area contributed by atoms with Crippen molar-refractivity contribution in [2.45, 2.75) is 6.61 Å². The fraction of sp³-hybridized carbons (Fsp3) is 0.188. The third-order valence-corrected chi connectivity index (χ3v) is 2.83. The van der Waals surface area contributed by atoms with Crippen LogP contribution in [0.4, 0.5) is 0 Å². The van der Waals surface area contributed by atoms with Crippen LogP contribution in [0.2, 0.25) is 0 Å². The maximum Gasteiger partial charge on any atom is 0.137 e. The van der Waals surface area contributed by atoms with Crippen LogP contribution in [0.1, 0.15) is 11.1 Å². The highest BCUT2D eigenvalue weighted by molar-refractivity contribution is 5.45. The van der Waals surface area contributed by atoms with Crippen molar-refractivity contribution in [3.05, 3.63) is 53.6 Å². The van der Waals surface area contributed by atoms with E-state index in [1.54, 1.807) is 26.4 Å². The van der Waals surface area contributed by atoms with Crippen LogP contribution in [0.25, 0.3) is 0 Å². The first-order valence-corrected chi connectivity index (χ1v) is 6.10. The minimum atomic E-state index is 0.398. The Kier molecular flexibility index (Phi) is 4.46. The molecule has 2 aromatic carbocycles. The standard InChI is InChI=1S/C16H15NO3/c1-18-14-4-3-5-15(9-14)20-11-12-6-7-13(10-17)16(8-12)19-2/h3-9H,11H2,1-2H3. The van der Waals surface area contributed by atoms with Crippen molar-refractivity contribution in [2.75, 3.05) is 14.2 Å². The van der Waals surface area contributed by atoms with Gasteiger partial charge in [-0.05, 0) is 29.8 Å². The molecule has 0 unspecified atom stereocenters. The highest BCUT2D eigenvalue weighted by Gasteiger charge is 2.04. The molecule has 0 amide bonds. The number of nitrogens with zero attached hydrogens (tertiary/aromatic N) is 1. The normalized spacial score (nSPS) is 9.65. The largest absolute Gasteiger partial charge is 0.497 e. The second-order valence-electron chi connectivity index (χ2n) is 4.11. The first-order valence-electron chi connectivity index (χ1n) is 6.10. The summed E-state index contributed by atoms with van der Waals surface area (Å²) in [5.74, 6) is 2.03. The van der Waals surface area contributed by atoms with Crippen molar-refractivity contribution in [3.8, 4) is 23.3 Å². The Balaban J connectivity index is 2.09. The van der Waals surface area contributed by atoms with E-state index in [9.17, 15) is 0 Å². The molecule has 0 aliphatic rings. The molecule has 4 heteroatoms. The Morgan fingerprint density at radius 3 is 2.50 bits per heavy atom. The lowest BCUT2D eigenvalue weighted by Crippen LogP contribution is -1.97. The summed E-state index contributed by atoms with van der Waals surface area (Å²) in [6.07, 6.45) is 0. The molecular weight excluding hydrogens is 254 g/mol. The zero-order valence-corrected chi connectivity index (χ0v) is 11.4. The molecule has 102 valence electrons. The molecule has 0 N–H and O–H groups in total. The van der Waals surface area contributed by atoms with Gasteiger partial charge in [0.15, 0.2) is 0 Å². The minimum absolute atomic E-state index is 0.398. The molecule has 0 aromatic heterocycles. The van der Waals surface area contributed by atoms with Crippen molar-refractivity contribution in [3.63, 3.8) is 0 Å². The lowest BCUT2D eigenvalue weighted by atomic mass is 10.1. The maximum atomic E-state index is 8.93. The number of benzene rings is 2. The molecule has 20 heavy (non-hydrogen) atoms. The number of nitriles is 1. The van der Waals surface area contributed by atoms with Crippen molar-refractivity contribution in [2.24, 2.45) is 0 Å². The van der Waals surface area contributed by atoms with Gasteiger partial charge in [-0.1, -0.05) is 12.1 Å². The molecule has 0 radical (unpaired) electrons. The third kappa shape index (κ3) is 3.21. The van der Waals surface area contributed by atoms with Crippen LogP contribution in [-0.2, 0) is 6.61 Å². The van der Waals surface area contributed by atoms with Gasteiger partial charge in [0.1, 0.15) is 29.9 Å². The summed E-state index contributed by atoms with van der Waals surface area (Å²) in [6, 6.07) is 14.9. The summed E-state index contributed by atoms with van der Waals surface area (Å²) in [6.45, 7) is 0.398. The van der Waals surface area contributed by atoms with Crippen molar-refractivity contribution < 1.29 is 14.2 Å². The number of ether oxygens (including phenoxy) is 3. The Hall–Kier alpha value is -2.67. The fourth-order valence-electron chi connectivity index (χ4n) is 1.78. The second-order valence-corrected chi connectivity index (χ2v) is 4.11. The Morgan fingerprint density at radius 2 is 1.80 bits per heavy atom. The number of hydrogen-bond acceptors (Lipinski definition) is 4. The van der Waals surface area contributed by atoms with E-state index >= 15 is 0 Å². The number of hydrogen-bond donors (Lipinski definition) is 0. The number of methoxy groups -OCH3 is 2. The van der Waals surface area contributed by atoms with Crippen molar-refractivity contribution in [1.82, 2.24) is 0 Å². The summed E-state index contributed by atoms with van der Waals surface area (Å²) >= 11 is 0. The molecule has 4 nitrogen and oxygen atoms in total.